The Hall–Kier alpha value is -0.500. The Bertz CT molecular complexity index is 181. The summed E-state index contributed by atoms with van der Waals surface area (Å²) in [6.45, 7) is 11.2. The lowest BCUT2D eigenvalue weighted by Crippen LogP contribution is -2.45. The highest BCUT2D eigenvalue weighted by Crippen LogP contribution is 2.28. The highest BCUT2D eigenvalue weighted by Gasteiger charge is 2.34. The van der Waals surface area contributed by atoms with E-state index in [0.29, 0.717) is 5.76 Å². The third-order valence-corrected chi connectivity index (χ3v) is 2.50. The molecule has 0 aliphatic carbocycles. The van der Waals surface area contributed by atoms with Crippen LogP contribution in [0.1, 0.15) is 33.6 Å². The lowest BCUT2D eigenvalue weighted by Gasteiger charge is -2.36. The molecular weight excluding hydrogens is 150 g/mol. The molecule has 1 fully saturated rings. The Balaban J connectivity index is 2.71. The number of aliphatic hydroxyl groups is 1. The van der Waals surface area contributed by atoms with Crippen molar-refractivity contribution in [1.82, 2.24) is 4.90 Å². The molecular formula is C10H19NO. The van der Waals surface area contributed by atoms with Crippen molar-refractivity contribution in [2.75, 3.05) is 6.54 Å². The molecule has 1 unspecified atom stereocenters. The third-order valence-electron chi connectivity index (χ3n) is 2.50. The molecule has 2 nitrogen and oxygen atoms in total. The predicted molar refractivity (Wildman–Crippen MR) is 51.2 cm³/mol. The Kier molecular flexibility index (Phi) is 2.47. The first-order valence-corrected chi connectivity index (χ1v) is 4.57. The Morgan fingerprint density at radius 2 is 2.08 bits per heavy atom. The summed E-state index contributed by atoms with van der Waals surface area (Å²) < 4.78 is 0. The van der Waals surface area contributed by atoms with Crippen LogP contribution < -0.4 is 0 Å². The van der Waals surface area contributed by atoms with E-state index in [1.54, 1.807) is 0 Å². The molecule has 0 bridgehead atoms. The first-order chi connectivity index (χ1) is 5.43. The van der Waals surface area contributed by atoms with Crippen LogP contribution in [0.2, 0.25) is 0 Å². The van der Waals surface area contributed by atoms with Gasteiger partial charge in [0.05, 0.1) is 6.04 Å². The first-order valence-electron chi connectivity index (χ1n) is 4.57. The number of rotatable bonds is 1. The fourth-order valence-corrected chi connectivity index (χ4v) is 1.92. The van der Waals surface area contributed by atoms with E-state index in [1.165, 1.54) is 6.42 Å². The molecule has 0 aromatic rings. The van der Waals surface area contributed by atoms with Gasteiger partial charge in [-0.15, -0.1) is 0 Å². The summed E-state index contributed by atoms with van der Waals surface area (Å²) in [5, 5.41) is 9.35. The van der Waals surface area contributed by atoms with E-state index in [0.717, 1.165) is 13.0 Å². The molecule has 1 atom stereocenters. The molecule has 1 aliphatic rings. The van der Waals surface area contributed by atoms with Crippen molar-refractivity contribution in [2.24, 2.45) is 0 Å². The van der Waals surface area contributed by atoms with Crippen LogP contribution in [0.5, 0.6) is 0 Å². The van der Waals surface area contributed by atoms with Crippen LogP contribution in [-0.4, -0.2) is 28.1 Å². The van der Waals surface area contributed by atoms with Gasteiger partial charge in [0.25, 0.3) is 0 Å². The van der Waals surface area contributed by atoms with E-state index in [-0.39, 0.29) is 11.6 Å². The molecule has 70 valence electrons. The van der Waals surface area contributed by atoms with Crippen molar-refractivity contribution in [3.8, 4) is 0 Å². The minimum Gasteiger partial charge on any atom is -0.511 e. The topological polar surface area (TPSA) is 23.5 Å². The van der Waals surface area contributed by atoms with Crippen LogP contribution in [0, 0.1) is 0 Å². The molecule has 12 heavy (non-hydrogen) atoms. The van der Waals surface area contributed by atoms with Crippen LogP contribution in [-0.2, 0) is 0 Å². The van der Waals surface area contributed by atoms with Gasteiger partial charge in [-0.25, -0.2) is 0 Å². The molecule has 1 rings (SSSR count). The molecule has 1 N–H and O–H groups in total. The van der Waals surface area contributed by atoms with E-state index >= 15 is 0 Å². The summed E-state index contributed by atoms with van der Waals surface area (Å²) >= 11 is 0. The quantitative estimate of drug-likeness (QED) is 0.609. The lowest BCUT2D eigenvalue weighted by atomic mass is 10.0. The fourth-order valence-electron chi connectivity index (χ4n) is 1.92. The molecule has 0 aromatic heterocycles. The number of hydrogen-bond acceptors (Lipinski definition) is 2. The van der Waals surface area contributed by atoms with Gasteiger partial charge in [-0.3, -0.25) is 4.90 Å². The number of nitrogens with zero attached hydrogens (tertiary/aromatic N) is 1. The van der Waals surface area contributed by atoms with Crippen LogP contribution in [0.3, 0.4) is 0 Å². The van der Waals surface area contributed by atoms with Crippen molar-refractivity contribution in [3.05, 3.63) is 12.3 Å². The van der Waals surface area contributed by atoms with E-state index in [4.69, 9.17) is 0 Å². The van der Waals surface area contributed by atoms with Gasteiger partial charge in [0.2, 0.25) is 0 Å². The highest BCUT2D eigenvalue weighted by atomic mass is 16.3. The second-order valence-electron chi connectivity index (χ2n) is 4.51. The smallest absolute Gasteiger partial charge is 0.102 e. The van der Waals surface area contributed by atoms with Crippen molar-refractivity contribution >= 4 is 0 Å². The molecule has 1 aliphatic heterocycles. The second-order valence-corrected chi connectivity index (χ2v) is 4.51. The average molecular weight is 169 g/mol. The standard InChI is InChI=1S/C10H19NO/c1-8(12)9-6-5-7-11(9)10(2,3)4/h9,12H,1,5-7H2,2-4H3. The van der Waals surface area contributed by atoms with E-state index < -0.39 is 0 Å². The van der Waals surface area contributed by atoms with Gasteiger partial charge in [-0.05, 0) is 40.2 Å². The SMILES string of the molecule is C=C(O)C1CCCN1C(C)(C)C. The van der Waals surface area contributed by atoms with Gasteiger partial charge in [-0.1, -0.05) is 6.58 Å². The van der Waals surface area contributed by atoms with Gasteiger partial charge in [0.1, 0.15) is 5.76 Å². The van der Waals surface area contributed by atoms with E-state index in [2.05, 4.69) is 32.3 Å². The van der Waals surface area contributed by atoms with E-state index in [1.807, 2.05) is 0 Å². The molecule has 1 heterocycles. The van der Waals surface area contributed by atoms with Gasteiger partial charge in [0, 0.05) is 5.54 Å². The predicted octanol–water partition coefficient (Wildman–Crippen LogP) is 2.32. The van der Waals surface area contributed by atoms with Crippen molar-refractivity contribution in [1.29, 1.82) is 0 Å². The average Bonchev–Trinajstić information content (AvgIpc) is 2.30. The number of aliphatic hydroxyl groups excluding tert-OH is 1. The Morgan fingerprint density at radius 3 is 2.42 bits per heavy atom. The molecule has 1 saturated heterocycles. The summed E-state index contributed by atoms with van der Waals surface area (Å²) in [4.78, 5) is 2.31. The van der Waals surface area contributed by atoms with Crippen LogP contribution in [0.15, 0.2) is 12.3 Å². The third kappa shape index (κ3) is 1.81. The Morgan fingerprint density at radius 1 is 1.50 bits per heavy atom. The summed E-state index contributed by atoms with van der Waals surface area (Å²) in [6, 6.07) is 0.185. The minimum absolute atomic E-state index is 0.146. The zero-order valence-electron chi connectivity index (χ0n) is 8.30. The molecule has 0 spiro atoms. The van der Waals surface area contributed by atoms with Crippen molar-refractivity contribution < 1.29 is 5.11 Å². The Labute approximate surface area is 74.9 Å². The molecule has 0 saturated carbocycles. The van der Waals surface area contributed by atoms with Crippen LogP contribution in [0.25, 0.3) is 0 Å². The maximum absolute atomic E-state index is 9.35. The molecule has 0 radical (unpaired) electrons. The zero-order valence-corrected chi connectivity index (χ0v) is 8.30. The molecule has 0 amide bonds. The summed E-state index contributed by atoms with van der Waals surface area (Å²) in [6.07, 6.45) is 2.22. The van der Waals surface area contributed by atoms with Crippen molar-refractivity contribution in [2.45, 2.75) is 45.2 Å². The second kappa shape index (κ2) is 3.09. The van der Waals surface area contributed by atoms with Gasteiger partial charge >= 0.3 is 0 Å². The van der Waals surface area contributed by atoms with Crippen LogP contribution in [0.4, 0.5) is 0 Å². The molecule has 2 heteroatoms. The lowest BCUT2D eigenvalue weighted by molar-refractivity contribution is 0.114. The van der Waals surface area contributed by atoms with Crippen molar-refractivity contribution in [3.63, 3.8) is 0 Å². The summed E-state index contributed by atoms with van der Waals surface area (Å²) in [5.41, 5.74) is 0.146. The maximum Gasteiger partial charge on any atom is 0.102 e. The first kappa shape index (κ1) is 9.59. The molecule has 0 aromatic carbocycles. The maximum atomic E-state index is 9.35. The highest BCUT2D eigenvalue weighted by molar-refractivity contribution is 5.02. The number of hydrogen-bond donors (Lipinski definition) is 1. The van der Waals surface area contributed by atoms with Gasteiger partial charge < -0.3 is 5.11 Å². The van der Waals surface area contributed by atoms with Gasteiger partial charge in [0.15, 0.2) is 0 Å². The zero-order chi connectivity index (χ0) is 9.35. The number of likely N-dealkylation sites (tertiary alicyclic amines) is 1. The van der Waals surface area contributed by atoms with Crippen LogP contribution >= 0.6 is 0 Å². The van der Waals surface area contributed by atoms with Gasteiger partial charge in [-0.2, -0.15) is 0 Å². The summed E-state index contributed by atoms with van der Waals surface area (Å²) in [5.74, 6) is 0.322. The normalized spacial score (nSPS) is 26.1. The minimum atomic E-state index is 0.146. The largest absolute Gasteiger partial charge is 0.511 e. The summed E-state index contributed by atoms with van der Waals surface area (Å²) in [7, 11) is 0. The van der Waals surface area contributed by atoms with E-state index in [9.17, 15) is 5.11 Å². The monoisotopic (exact) mass is 169 g/mol. The fraction of sp³-hybridized carbons (Fsp3) is 0.800.